The van der Waals surface area contributed by atoms with Crippen LogP contribution >= 0.6 is 0 Å². The number of hydrogen-bond donors (Lipinski definition) is 0. The maximum atomic E-state index is 5.80. The fourth-order valence-corrected chi connectivity index (χ4v) is 17.4. The van der Waals surface area contributed by atoms with Gasteiger partial charge in [-0.05, 0) is 181 Å². The minimum Gasteiger partial charge on any atom is -0.309 e. The summed E-state index contributed by atoms with van der Waals surface area (Å²) in [5.74, 6) is 0.668. The van der Waals surface area contributed by atoms with Crippen LogP contribution in [0.2, 0.25) is 0 Å². The zero-order valence-corrected chi connectivity index (χ0v) is 53.2. The van der Waals surface area contributed by atoms with E-state index in [-0.39, 0.29) is 16.2 Å². The van der Waals surface area contributed by atoms with Crippen LogP contribution in [-0.2, 0) is 16.2 Å². The van der Waals surface area contributed by atoms with Crippen molar-refractivity contribution in [3.05, 3.63) is 306 Å². The molecule has 0 unspecified atom stereocenters. The minimum absolute atomic E-state index is 0.136. The van der Waals surface area contributed by atoms with Gasteiger partial charge in [-0.15, -0.1) is 0 Å². The van der Waals surface area contributed by atoms with Gasteiger partial charge in [0.15, 0.2) is 5.82 Å². The fraction of sp³-hybridized carbons (Fsp3) is 0.101. The molecule has 0 atom stereocenters. The van der Waals surface area contributed by atoms with E-state index in [1.165, 1.54) is 127 Å². The predicted molar refractivity (Wildman–Crippen MR) is 392 cm³/mol. The topological polar surface area (TPSA) is 40.6 Å². The number of nitrogens with zero attached hydrogens (tertiary/aromatic N) is 5. The Balaban J connectivity index is 0.774. The molecule has 3 aliphatic rings. The molecule has 5 nitrogen and oxygen atoms in total. The average molecular weight is 1200 g/mol. The number of para-hydroxylation sites is 3. The van der Waals surface area contributed by atoms with Crippen molar-refractivity contribution in [3.8, 4) is 84.2 Å². The lowest BCUT2D eigenvalue weighted by Gasteiger charge is -2.21. The highest BCUT2D eigenvalue weighted by atomic mass is 15.0. The van der Waals surface area contributed by atoms with Crippen molar-refractivity contribution >= 4 is 76.3 Å². The smallest absolute Gasteiger partial charge is 0.160 e. The maximum Gasteiger partial charge on any atom is 0.160 e. The largest absolute Gasteiger partial charge is 0.309 e. The van der Waals surface area contributed by atoms with Crippen LogP contribution in [0.4, 0.5) is 0 Å². The maximum absolute atomic E-state index is 5.80. The second-order valence-electron chi connectivity index (χ2n) is 28.1. The highest BCUT2D eigenvalue weighted by Crippen LogP contribution is 2.55. The summed E-state index contributed by atoms with van der Waals surface area (Å²) < 4.78 is 7.40. The van der Waals surface area contributed by atoms with Gasteiger partial charge in [0, 0.05) is 82.1 Å². The molecule has 0 aliphatic heterocycles. The fourth-order valence-electron chi connectivity index (χ4n) is 17.4. The van der Waals surface area contributed by atoms with Crippen LogP contribution in [0.25, 0.3) is 161 Å². The summed E-state index contributed by atoms with van der Waals surface area (Å²) in [4.78, 5) is 11.4. The molecule has 444 valence electrons. The third-order valence-electron chi connectivity index (χ3n) is 22.0. The van der Waals surface area contributed by atoms with Crippen molar-refractivity contribution in [1.82, 2.24) is 23.7 Å². The van der Waals surface area contributed by atoms with Gasteiger partial charge in [-0.25, -0.2) is 9.97 Å². The van der Waals surface area contributed by atoms with E-state index < -0.39 is 0 Å². The number of hydrogen-bond acceptors (Lipinski definition) is 2. The van der Waals surface area contributed by atoms with Gasteiger partial charge in [-0.2, -0.15) is 0 Å². The Morgan fingerprint density at radius 2 is 0.596 bits per heavy atom. The lowest BCUT2D eigenvalue weighted by atomic mass is 9.82. The molecule has 5 heteroatoms. The van der Waals surface area contributed by atoms with Gasteiger partial charge in [0.25, 0.3) is 0 Å². The van der Waals surface area contributed by atoms with E-state index in [1.54, 1.807) is 0 Å². The molecule has 0 amide bonds. The molecular formula is C89H63N5. The summed E-state index contributed by atoms with van der Waals surface area (Å²) in [5.41, 5.74) is 31.9. The van der Waals surface area contributed by atoms with Gasteiger partial charge in [0.2, 0.25) is 0 Å². The van der Waals surface area contributed by atoms with E-state index in [1.807, 2.05) is 0 Å². The standard InChI is InChI=1S/C89H63N5/c1-87(2)72-34-13-7-28-59(72)65-46-68-62-31-10-16-37-79(62)92(82(68)49-75(65)87)56-25-19-22-52(42-56)53-40-41-78-71(45-53)85(54-23-20-26-57(43-54)93-80-38-17-11-32-63(80)69-47-66-60-29-8-14-35-73(60)88(3,4)76(66)50-83(69)93)91-86(90-78)55-24-21-27-58(44-55)94-81-39-18-12-33-64(81)70-48-67-61-30-9-15-36-74(61)89(5,6)77(67)51-84(70)94/h7-51H,1-6H3. The summed E-state index contributed by atoms with van der Waals surface area (Å²) >= 11 is 0. The zero-order chi connectivity index (χ0) is 62.7. The van der Waals surface area contributed by atoms with Crippen molar-refractivity contribution in [2.24, 2.45) is 0 Å². The van der Waals surface area contributed by atoms with Crippen molar-refractivity contribution in [2.45, 2.75) is 57.8 Å². The molecule has 4 heterocycles. The predicted octanol–water partition coefficient (Wildman–Crippen LogP) is 22.8. The van der Waals surface area contributed by atoms with Crippen LogP contribution in [0.15, 0.2) is 273 Å². The summed E-state index contributed by atoms with van der Waals surface area (Å²) in [6.07, 6.45) is 0. The monoisotopic (exact) mass is 1200 g/mol. The van der Waals surface area contributed by atoms with E-state index in [2.05, 4.69) is 328 Å². The molecule has 13 aromatic carbocycles. The Hall–Kier alpha value is -11.4. The SMILES string of the molecule is CC1(C)c2ccccc2-c2cc3c4ccccc4n(-c4cccc(-c5ccc6nc(-c7cccc(-n8c9ccccc9c9cc%10c(cc98)C(C)(C)c8ccccc8-%10)c7)nc(-c7cccc(-n8c9ccccc9c9cc%10c(cc98)C(C)(C)c8ccccc8-%10)c7)c6c5)c4)c3cc21. The van der Waals surface area contributed by atoms with Gasteiger partial charge >= 0.3 is 0 Å². The molecule has 94 heavy (non-hydrogen) atoms. The number of rotatable bonds is 6. The first-order valence-electron chi connectivity index (χ1n) is 33.0. The number of fused-ring (bicyclic) bond motifs is 19. The van der Waals surface area contributed by atoms with Crippen LogP contribution in [0.5, 0.6) is 0 Å². The average Bonchev–Trinajstić information content (AvgIpc) is 1.55. The number of aromatic nitrogens is 5. The van der Waals surface area contributed by atoms with E-state index in [9.17, 15) is 0 Å². The molecule has 0 saturated carbocycles. The lowest BCUT2D eigenvalue weighted by Crippen LogP contribution is -2.15. The first-order chi connectivity index (χ1) is 45.9. The lowest BCUT2D eigenvalue weighted by molar-refractivity contribution is 0.661. The minimum atomic E-state index is -0.160. The zero-order valence-electron chi connectivity index (χ0n) is 53.2. The third kappa shape index (κ3) is 7.24. The van der Waals surface area contributed by atoms with E-state index in [4.69, 9.17) is 9.97 Å². The summed E-state index contributed by atoms with van der Waals surface area (Å²) in [7, 11) is 0. The molecule has 0 spiro atoms. The Morgan fingerprint density at radius 3 is 1.04 bits per heavy atom. The summed E-state index contributed by atoms with van der Waals surface area (Å²) in [5, 5.41) is 8.44. The van der Waals surface area contributed by atoms with Gasteiger partial charge in [0.1, 0.15) is 0 Å². The highest BCUT2D eigenvalue weighted by Gasteiger charge is 2.39. The van der Waals surface area contributed by atoms with E-state index in [0.29, 0.717) is 5.82 Å². The molecule has 0 fully saturated rings. The van der Waals surface area contributed by atoms with Crippen LogP contribution in [0.1, 0.15) is 74.9 Å². The van der Waals surface area contributed by atoms with Crippen LogP contribution in [0.3, 0.4) is 0 Å². The molecular weight excluding hydrogens is 1140 g/mol. The van der Waals surface area contributed by atoms with Crippen molar-refractivity contribution in [2.75, 3.05) is 0 Å². The van der Waals surface area contributed by atoms with Crippen molar-refractivity contribution < 1.29 is 0 Å². The van der Waals surface area contributed by atoms with Crippen LogP contribution < -0.4 is 0 Å². The molecule has 4 aromatic heterocycles. The normalized spacial score (nSPS) is 14.5. The van der Waals surface area contributed by atoms with Crippen LogP contribution in [0, 0.1) is 0 Å². The van der Waals surface area contributed by atoms with Crippen LogP contribution in [-0.4, -0.2) is 23.7 Å². The van der Waals surface area contributed by atoms with E-state index >= 15 is 0 Å². The third-order valence-corrected chi connectivity index (χ3v) is 22.0. The van der Waals surface area contributed by atoms with Crippen molar-refractivity contribution in [3.63, 3.8) is 0 Å². The first-order valence-corrected chi connectivity index (χ1v) is 33.0. The van der Waals surface area contributed by atoms with Gasteiger partial charge in [0.05, 0.1) is 44.3 Å². The second kappa shape index (κ2) is 18.9. The summed E-state index contributed by atoms with van der Waals surface area (Å²) in [6.45, 7) is 14.2. The van der Waals surface area contributed by atoms with Gasteiger partial charge in [-0.3, -0.25) is 0 Å². The number of benzene rings is 13. The highest BCUT2D eigenvalue weighted by molar-refractivity contribution is 6.15. The molecule has 0 saturated heterocycles. The molecule has 0 radical (unpaired) electrons. The Kier molecular flexibility index (Phi) is 10.7. The van der Waals surface area contributed by atoms with Gasteiger partial charge in [-0.1, -0.05) is 211 Å². The first kappa shape index (κ1) is 53.3. The molecule has 0 bridgehead atoms. The quantitative estimate of drug-likeness (QED) is 0.166. The Morgan fingerprint density at radius 1 is 0.234 bits per heavy atom. The molecule has 3 aliphatic carbocycles. The summed E-state index contributed by atoms with van der Waals surface area (Å²) in [6, 6.07) is 102. The molecule has 20 rings (SSSR count). The second-order valence-corrected chi connectivity index (χ2v) is 28.1. The Bertz CT molecular complexity index is 6210. The molecule has 0 N–H and O–H groups in total. The van der Waals surface area contributed by atoms with E-state index in [0.717, 1.165) is 61.4 Å². The Labute approximate surface area is 545 Å². The van der Waals surface area contributed by atoms with Crippen molar-refractivity contribution in [1.29, 1.82) is 0 Å². The molecule has 17 aromatic rings. The van der Waals surface area contributed by atoms with Gasteiger partial charge < -0.3 is 13.7 Å².